The molecule has 0 aliphatic rings. The molecule has 0 spiro atoms. The summed E-state index contributed by atoms with van der Waals surface area (Å²) in [5, 5.41) is 25.9. The SMILES string of the molecule is CCC[C@@H](CCCCNC(=O)COCCOCCNC(=O)COCC)C(N)=O.CCOCCCC(=O)CC[C@H](NC(=O)CCCCCCCCCCCCCCCCC(=O)O)C(=O)O. The zero-order valence-corrected chi connectivity index (χ0v) is 39.9. The molecule has 0 bridgehead atoms. The molecule has 0 saturated heterocycles. The van der Waals surface area contributed by atoms with Gasteiger partial charge in [-0.25, -0.2) is 4.79 Å². The minimum absolute atomic E-state index is 0.000154. The first-order valence-corrected chi connectivity index (χ1v) is 24.3. The van der Waals surface area contributed by atoms with E-state index in [-0.39, 0.29) is 67.8 Å². The molecule has 0 saturated carbocycles. The van der Waals surface area contributed by atoms with Gasteiger partial charge >= 0.3 is 11.9 Å². The monoisotopic (exact) mass is 917 g/mol. The Morgan fingerprint density at radius 3 is 1.55 bits per heavy atom. The van der Waals surface area contributed by atoms with E-state index in [9.17, 15) is 38.7 Å². The van der Waals surface area contributed by atoms with Crippen molar-refractivity contribution in [1.82, 2.24) is 16.0 Å². The van der Waals surface area contributed by atoms with E-state index in [1.165, 1.54) is 44.9 Å². The fraction of sp³-hybridized carbons (Fsp3) is 0.851. The Kier molecular flexibility index (Phi) is 46.1. The van der Waals surface area contributed by atoms with Gasteiger partial charge in [0, 0.05) is 64.5 Å². The average molecular weight is 917 g/mol. The Bertz CT molecular complexity index is 1210. The molecule has 0 aromatic rings. The minimum Gasteiger partial charge on any atom is -0.481 e. The van der Waals surface area contributed by atoms with Crippen LogP contribution >= 0.6 is 0 Å². The fourth-order valence-corrected chi connectivity index (χ4v) is 6.62. The number of Topliss-reactive ketones (excluding diaryl/α,β-unsaturated/α-hetero) is 1. The number of carbonyl (C=O) groups is 7. The lowest BCUT2D eigenvalue weighted by Crippen LogP contribution is -2.41. The van der Waals surface area contributed by atoms with Gasteiger partial charge in [-0.05, 0) is 58.8 Å². The van der Waals surface area contributed by atoms with Crippen LogP contribution in [-0.4, -0.2) is 124 Å². The third-order valence-electron chi connectivity index (χ3n) is 10.3. The number of carboxylic acid groups (broad SMARTS) is 2. The summed E-state index contributed by atoms with van der Waals surface area (Å²) < 4.78 is 20.7. The standard InChI is InChI=1S/C28H51NO7.C19H37N3O6/c1-2-36-23-17-18-24(30)21-22-25(28(34)35)29-26(31)19-15-13-11-9-7-5-3-4-6-8-10-12-14-16-20-27(32)33;1-3-7-16(19(20)25)8-5-6-9-21-18(24)15-28-13-12-27-11-10-22-17(23)14-26-4-2/h25H,2-23H2,1H3,(H,29,31)(H,32,33)(H,34,35);16H,3-15H2,1-2H3,(H2,20,25)(H,21,24)(H,22,23)/t25-;16-/m00/s1. The minimum atomic E-state index is -1.10. The van der Waals surface area contributed by atoms with Crippen molar-refractivity contribution in [1.29, 1.82) is 0 Å². The van der Waals surface area contributed by atoms with Crippen LogP contribution in [0.1, 0.15) is 181 Å². The molecule has 0 heterocycles. The van der Waals surface area contributed by atoms with Crippen molar-refractivity contribution in [3.63, 3.8) is 0 Å². The van der Waals surface area contributed by atoms with E-state index in [2.05, 4.69) is 16.0 Å². The van der Waals surface area contributed by atoms with E-state index in [1.807, 2.05) is 20.8 Å². The summed E-state index contributed by atoms with van der Waals surface area (Å²) in [5.74, 6) is -2.71. The van der Waals surface area contributed by atoms with Gasteiger partial charge in [-0.1, -0.05) is 96.8 Å². The lowest BCUT2D eigenvalue weighted by atomic mass is 9.96. The van der Waals surface area contributed by atoms with Crippen molar-refractivity contribution < 1.29 is 62.7 Å². The molecule has 0 aliphatic carbocycles. The van der Waals surface area contributed by atoms with E-state index >= 15 is 0 Å². The number of amides is 4. The lowest BCUT2D eigenvalue weighted by molar-refractivity contribution is -0.142. The number of carbonyl (C=O) groups excluding carboxylic acids is 5. The average Bonchev–Trinajstić information content (AvgIpc) is 3.26. The summed E-state index contributed by atoms with van der Waals surface area (Å²) in [4.78, 5) is 80.0. The van der Waals surface area contributed by atoms with Gasteiger partial charge in [0.15, 0.2) is 0 Å². The van der Waals surface area contributed by atoms with E-state index in [1.54, 1.807) is 0 Å². The first kappa shape index (κ1) is 62.4. The molecule has 0 aromatic heterocycles. The zero-order valence-electron chi connectivity index (χ0n) is 39.9. The molecule has 4 amide bonds. The molecule has 17 nitrogen and oxygen atoms in total. The number of ketones is 1. The Morgan fingerprint density at radius 1 is 0.484 bits per heavy atom. The van der Waals surface area contributed by atoms with Crippen LogP contribution in [0.4, 0.5) is 0 Å². The second-order valence-corrected chi connectivity index (χ2v) is 16.1. The quantitative estimate of drug-likeness (QED) is 0.0362. The van der Waals surface area contributed by atoms with Gasteiger partial charge in [0.25, 0.3) is 0 Å². The molecular formula is C47H88N4O13. The summed E-state index contributed by atoms with van der Waals surface area (Å²) in [6.45, 7) is 9.41. The highest BCUT2D eigenvalue weighted by Crippen LogP contribution is 2.15. The Morgan fingerprint density at radius 2 is 1.02 bits per heavy atom. The van der Waals surface area contributed by atoms with Crippen molar-refractivity contribution in [3.05, 3.63) is 0 Å². The van der Waals surface area contributed by atoms with Gasteiger partial charge < -0.3 is 50.8 Å². The molecule has 374 valence electrons. The van der Waals surface area contributed by atoms with E-state index in [0.717, 1.165) is 77.0 Å². The fourth-order valence-electron chi connectivity index (χ4n) is 6.62. The largest absolute Gasteiger partial charge is 0.481 e. The molecule has 2 atom stereocenters. The number of carboxylic acids is 2. The molecule has 64 heavy (non-hydrogen) atoms. The molecule has 0 aromatic carbocycles. The van der Waals surface area contributed by atoms with Crippen LogP contribution in [0.2, 0.25) is 0 Å². The molecule has 7 N–H and O–H groups in total. The number of rotatable bonds is 46. The summed E-state index contributed by atoms with van der Waals surface area (Å²) in [5.41, 5.74) is 5.36. The maximum absolute atomic E-state index is 12.1. The highest BCUT2D eigenvalue weighted by atomic mass is 16.5. The maximum Gasteiger partial charge on any atom is 0.326 e. The number of unbranched alkanes of at least 4 members (excludes halogenated alkanes) is 14. The highest BCUT2D eigenvalue weighted by Gasteiger charge is 2.21. The summed E-state index contributed by atoms with van der Waals surface area (Å²) in [6, 6.07) is -1.01. The number of primary amides is 1. The van der Waals surface area contributed by atoms with Crippen molar-refractivity contribution in [2.45, 2.75) is 187 Å². The first-order chi connectivity index (χ1) is 30.9. The predicted molar refractivity (Wildman–Crippen MR) is 247 cm³/mol. The van der Waals surface area contributed by atoms with Crippen LogP contribution in [0.3, 0.4) is 0 Å². The van der Waals surface area contributed by atoms with Crippen molar-refractivity contribution in [3.8, 4) is 0 Å². The smallest absolute Gasteiger partial charge is 0.326 e. The number of ether oxygens (including phenoxy) is 4. The van der Waals surface area contributed by atoms with Gasteiger partial charge in [-0.3, -0.25) is 28.8 Å². The Labute approximate surface area is 384 Å². The third-order valence-corrected chi connectivity index (χ3v) is 10.3. The number of aliphatic carboxylic acids is 2. The number of nitrogens with two attached hydrogens (primary N) is 1. The molecular weight excluding hydrogens is 829 g/mol. The summed E-state index contributed by atoms with van der Waals surface area (Å²) in [7, 11) is 0. The third kappa shape index (κ3) is 46.3. The van der Waals surface area contributed by atoms with E-state index < -0.39 is 18.0 Å². The Balaban J connectivity index is 0. The second-order valence-electron chi connectivity index (χ2n) is 16.1. The van der Waals surface area contributed by atoms with Crippen molar-refractivity contribution >= 4 is 41.4 Å². The topological polar surface area (TPSA) is 259 Å². The number of hydrogen-bond acceptors (Lipinski definition) is 11. The summed E-state index contributed by atoms with van der Waals surface area (Å²) >= 11 is 0. The van der Waals surface area contributed by atoms with Crippen LogP contribution in [0.25, 0.3) is 0 Å². The highest BCUT2D eigenvalue weighted by molar-refractivity contribution is 5.84. The van der Waals surface area contributed by atoms with Crippen LogP contribution in [0.5, 0.6) is 0 Å². The van der Waals surface area contributed by atoms with Gasteiger partial charge in [0.1, 0.15) is 25.0 Å². The Hall–Kier alpha value is -3.67. The summed E-state index contributed by atoms with van der Waals surface area (Å²) in [6.07, 6.45) is 21.6. The maximum atomic E-state index is 12.1. The molecule has 0 fully saturated rings. The lowest BCUT2D eigenvalue weighted by Gasteiger charge is -2.14. The first-order valence-electron chi connectivity index (χ1n) is 24.3. The van der Waals surface area contributed by atoms with Gasteiger partial charge in [-0.2, -0.15) is 0 Å². The van der Waals surface area contributed by atoms with Crippen LogP contribution in [0, 0.1) is 5.92 Å². The zero-order chi connectivity index (χ0) is 47.9. The number of hydrogen-bond donors (Lipinski definition) is 6. The van der Waals surface area contributed by atoms with E-state index in [4.69, 9.17) is 29.8 Å². The van der Waals surface area contributed by atoms with Crippen molar-refractivity contribution in [2.24, 2.45) is 11.7 Å². The van der Waals surface area contributed by atoms with Gasteiger partial charge in [0.05, 0.1) is 19.8 Å². The van der Waals surface area contributed by atoms with Crippen molar-refractivity contribution in [2.75, 3.05) is 65.9 Å². The normalized spacial score (nSPS) is 11.8. The van der Waals surface area contributed by atoms with E-state index in [0.29, 0.717) is 72.0 Å². The second kappa shape index (κ2) is 47.3. The predicted octanol–water partition coefficient (Wildman–Crippen LogP) is 6.41. The number of nitrogens with one attached hydrogen (secondary N) is 3. The molecule has 0 radical (unpaired) electrons. The van der Waals surface area contributed by atoms with Gasteiger partial charge in [0.2, 0.25) is 23.6 Å². The molecule has 0 unspecified atom stereocenters. The van der Waals surface area contributed by atoms with Crippen LogP contribution < -0.4 is 21.7 Å². The van der Waals surface area contributed by atoms with Gasteiger partial charge in [-0.15, -0.1) is 0 Å². The van der Waals surface area contributed by atoms with Crippen LogP contribution in [-0.2, 0) is 52.5 Å². The molecule has 0 aliphatic heterocycles. The molecule has 17 heteroatoms. The molecule has 0 rings (SSSR count). The van der Waals surface area contributed by atoms with Crippen LogP contribution in [0.15, 0.2) is 0 Å².